The van der Waals surface area contributed by atoms with Gasteiger partial charge in [-0.2, -0.15) is 0 Å². The van der Waals surface area contributed by atoms with Crippen LogP contribution < -0.4 is 5.32 Å². The van der Waals surface area contributed by atoms with Crippen molar-refractivity contribution >= 4 is 15.9 Å². The molecule has 0 spiro atoms. The summed E-state index contributed by atoms with van der Waals surface area (Å²) in [5.74, 6) is 2.53. The zero-order chi connectivity index (χ0) is 12.4. The third-order valence-electron chi connectivity index (χ3n) is 4.39. The van der Waals surface area contributed by atoms with Crippen molar-refractivity contribution < 1.29 is 4.42 Å². The average molecular weight is 312 g/mol. The van der Waals surface area contributed by atoms with Crippen LogP contribution in [0.2, 0.25) is 0 Å². The molecule has 0 aliphatic heterocycles. The van der Waals surface area contributed by atoms with Gasteiger partial charge in [-0.1, -0.05) is 19.3 Å². The van der Waals surface area contributed by atoms with E-state index in [9.17, 15) is 0 Å². The van der Waals surface area contributed by atoms with Crippen molar-refractivity contribution in [1.29, 1.82) is 0 Å². The van der Waals surface area contributed by atoms with E-state index in [1.165, 1.54) is 57.3 Å². The lowest BCUT2D eigenvalue weighted by Gasteiger charge is -2.24. The Labute approximate surface area is 118 Å². The van der Waals surface area contributed by atoms with Crippen LogP contribution in [0.1, 0.15) is 56.6 Å². The summed E-state index contributed by atoms with van der Waals surface area (Å²) >= 11 is 3.63. The van der Waals surface area contributed by atoms with Gasteiger partial charge in [0.1, 0.15) is 5.76 Å². The van der Waals surface area contributed by atoms with Gasteiger partial charge in [0.05, 0.1) is 10.7 Å². The van der Waals surface area contributed by atoms with Crippen LogP contribution in [0.5, 0.6) is 0 Å². The van der Waals surface area contributed by atoms with Crippen molar-refractivity contribution in [2.24, 2.45) is 5.92 Å². The molecule has 1 heterocycles. The van der Waals surface area contributed by atoms with Gasteiger partial charge in [0, 0.05) is 12.0 Å². The molecule has 2 saturated carbocycles. The second kappa shape index (κ2) is 5.79. The Morgan fingerprint density at radius 2 is 2.00 bits per heavy atom. The number of nitrogens with one attached hydrogen (secondary N) is 1. The van der Waals surface area contributed by atoms with Crippen LogP contribution in [0.4, 0.5) is 0 Å². The predicted molar refractivity (Wildman–Crippen MR) is 76.7 cm³/mol. The van der Waals surface area contributed by atoms with Crippen LogP contribution in [0.15, 0.2) is 21.2 Å². The molecule has 0 radical (unpaired) electrons. The molecule has 2 aliphatic carbocycles. The number of rotatable bonds is 4. The van der Waals surface area contributed by atoms with Gasteiger partial charge >= 0.3 is 0 Å². The second-order valence-corrected chi connectivity index (χ2v) is 6.67. The Kier molecular flexibility index (Phi) is 4.10. The van der Waals surface area contributed by atoms with Gasteiger partial charge in [-0.25, -0.2) is 0 Å². The molecular formula is C15H22BrNO. The Morgan fingerprint density at radius 3 is 2.72 bits per heavy atom. The Hall–Kier alpha value is -0.280. The number of hydrogen-bond acceptors (Lipinski definition) is 2. The maximum absolute atomic E-state index is 5.74. The minimum atomic E-state index is 0.600. The van der Waals surface area contributed by atoms with Crippen LogP contribution in [0.3, 0.4) is 0 Å². The van der Waals surface area contributed by atoms with Gasteiger partial charge in [0.2, 0.25) is 0 Å². The lowest BCUT2D eigenvalue weighted by atomic mass is 9.86. The first-order valence-corrected chi connectivity index (χ1v) is 8.10. The molecule has 3 rings (SSSR count). The third kappa shape index (κ3) is 3.00. The number of hydrogen-bond donors (Lipinski definition) is 1. The highest BCUT2D eigenvalue weighted by Gasteiger charge is 2.30. The van der Waals surface area contributed by atoms with Crippen LogP contribution in [-0.2, 0) is 0 Å². The summed E-state index contributed by atoms with van der Waals surface area (Å²) < 4.78 is 6.90. The molecule has 2 unspecified atom stereocenters. The zero-order valence-electron chi connectivity index (χ0n) is 10.8. The Balaban J connectivity index is 1.71. The average Bonchev–Trinajstić information content (AvgIpc) is 3.14. The first-order chi connectivity index (χ1) is 8.84. The van der Waals surface area contributed by atoms with Crippen LogP contribution >= 0.6 is 15.9 Å². The second-order valence-electron chi connectivity index (χ2n) is 5.82. The van der Waals surface area contributed by atoms with Crippen LogP contribution in [-0.4, -0.2) is 12.6 Å². The maximum Gasteiger partial charge on any atom is 0.121 e. The lowest BCUT2D eigenvalue weighted by molar-refractivity contribution is 0.325. The van der Waals surface area contributed by atoms with E-state index in [0.29, 0.717) is 5.92 Å². The van der Waals surface area contributed by atoms with E-state index < -0.39 is 0 Å². The molecule has 0 amide bonds. The fraction of sp³-hybridized carbons (Fsp3) is 0.733. The van der Waals surface area contributed by atoms with Crippen molar-refractivity contribution in [2.75, 3.05) is 6.54 Å². The van der Waals surface area contributed by atoms with Crippen molar-refractivity contribution in [3.8, 4) is 0 Å². The van der Waals surface area contributed by atoms with Gasteiger partial charge in [-0.15, -0.1) is 0 Å². The topological polar surface area (TPSA) is 25.2 Å². The first-order valence-electron chi connectivity index (χ1n) is 7.31. The molecule has 100 valence electrons. The first kappa shape index (κ1) is 12.7. The van der Waals surface area contributed by atoms with E-state index in [-0.39, 0.29) is 0 Å². The molecule has 1 aromatic heterocycles. The number of furan rings is 1. The summed E-state index contributed by atoms with van der Waals surface area (Å²) in [6, 6.07) is 2.85. The molecule has 0 saturated heterocycles. The van der Waals surface area contributed by atoms with Crippen LogP contribution in [0, 0.1) is 5.92 Å². The monoisotopic (exact) mass is 311 g/mol. The van der Waals surface area contributed by atoms with Crippen molar-refractivity contribution in [1.82, 2.24) is 5.32 Å². The molecule has 18 heavy (non-hydrogen) atoms. The normalized spacial score (nSPS) is 29.2. The third-order valence-corrected chi connectivity index (χ3v) is 5.04. The van der Waals surface area contributed by atoms with E-state index in [1.54, 1.807) is 0 Å². The van der Waals surface area contributed by atoms with Gasteiger partial charge in [0.25, 0.3) is 0 Å². The summed E-state index contributed by atoms with van der Waals surface area (Å²) in [7, 11) is 0. The lowest BCUT2D eigenvalue weighted by Crippen LogP contribution is -2.28. The molecule has 2 fully saturated rings. The smallest absolute Gasteiger partial charge is 0.121 e. The van der Waals surface area contributed by atoms with E-state index in [0.717, 1.165) is 16.4 Å². The SMILES string of the molecule is Brc1ccoc1C1CCCCCC1CNC1CC1. The maximum atomic E-state index is 5.74. The Bertz CT molecular complexity index is 386. The van der Waals surface area contributed by atoms with Gasteiger partial charge in [0.15, 0.2) is 0 Å². The van der Waals surface area contributed by atoms with E-state index in [2.05, 4.69) is 21.2 Å². The van der Waals surface area contributed by atoms with Crippen molar-refractivity contribution in [3.05, 3.63) is 22.6 Å². The molecule has 0 aromatic carbocycles. The molecule has 2 atom stereocenters. The summed E-state index contributed by atoms with van der Waals surface area (Å²) in [4.78, 5) is 0. The zero-order valence-corrected chi connectivity index (χ0v) is 12.4. The molecule has 2 aliphatic rings. The molecule has 3 heteroatoms. The quantitative estimate of drug-likeness (QED) is 0.831. The van der Waals surface area contributed by atoms with Crippen molar-refractivity contribution in [2.45, 2.75) is 56.9 Å². The molecule has 2 nitrogen and oxygen atoms in total. The standard InChI is InChI=1S/C15H22BrNO/c16-14-8-9-18-15(14)13-5-3-1-2-4-11(13)10-17-12-6-7-12/h8-9,11-13,17H,1-7,10H2. The summed E-state index contributed by atoms with van der Waals surface area (Å²) in [6.45, 7) is 1.17. The minimum Gasteiger partial charge on any atom is -0.468 e. The summed E-state index contributed by atoms with van der Waals surface area (Å²) in [5.41, 5.74) is 0. The summed E-state index contributed by atoms with van der Waals surface area (Å²) in [5, 5.41) is 3.71. The highest BCUT2D eigenvalue weighted by molar-refractivity contribution is 9.10. The molecule has 1 N–H and O–H groups in total. The van der Waals surface area contributed by atoms with E-state index >= 15 is 0 Å². The highest BCUT2D eigenvalue weighted by Crippen LogP contribution is 2.40. The predicted octanol–water partition coefficient (Wildman–Crippen LogP) is 4.46. The van der Waals surface area contributed by atoms with Gasteiger partial charge in [-0.3, -0.25) is 0 Å². The van der Waals surface area contributed by atoms with Crippen LogP contribution in [0.25, 0.3) is 0 Å². The Morgan fingerprint density at radius 1 is 1.17 bits per heavy atom. The highest BCUT2D eigenvalue weighted by atomic mass is 79.9. The minimum absolute atomic E-state index is 0.600. The van der Waals surface area contributed by atoms with E-state index in [4.69, 9.17) is 4.42 Å². The molecule has 1 aromatic rings. The molecular weight excluding hydrogens is 290 g/mol. The van der Waals surface area contributed by atoms with E-state index in [1.807, 2.05) is 12.3 Å². The summed E-state index contributed by atoms with van der Waals surface area (Å²) in [6.07, 6.45) is 11.3. The molecule has 0 bridgehead atoms. The van der Waals surface area contributed by atoms with Gasteiger partial charge < -0.3 is 9.73 Å². The number of halogens is 1. The fourth-order valence-electron chi connectivity index (χ4n) is 3.15. The van der Waals surface area contributed by atoms with Gasteiger partial charge in [-0.05, 0) is 60.1 Å². The van der Waals surface area contributed by atoms with Crippen molar-refractivity contribution in [3.63, 3.8) is 0 Å². The largest absolute Gasteiger partial charge is 0.468 e. The fourth-order valence-corrected chi connectivity index (χ4v) is 3.64.